The third kappa shape index (κ3) is 7.37. The quantitative estimate of drug-likeness (QED) is 0.511. The number of aryl methyl sites for hydroxylation is 1. The van der Waals surface area contributed by atoms with Crippen LogP contribution in [0.5, 0.6) is 11.5 Å². The van der Waals surface area contributed by atoms with Crippen LogP contribution >= 0.6 is 0 Å². The molecule has 0 atom stereocenters. The standard InChI is InChI=1S/C10H16N2O.C9H8O3.C7H7NO/c1-7(13)8-6-9(10(2,3)4)11-12(8)5;1-6(10)7-2-3-8-9(4-7)12-5-11-8;1-6(9)7-2-4-8-5-3-7/h6H,1-5H3;2-4H,5H2,1H3;2-5H,1H3. The number of hydrogen-bond donors (Lipinski definition) is 0. The number of ether oxygens (including phenoxy) is 2. The molecule has 8 heteroatoms. The number of nitrogens with zero attached hydrogens (tertiary/aromatic N) is 3. The van der Waals surface area contributed by atoms with Gasteiger partial charge < -0.3 is 9.47 Å². The summed E-state index contributed by atoms with van der Waals surface area (Å²) < 4.78 is 11.9. The molecule has 2 aromatic heterocycles. The Labute approximate surface area is 199 Å². The molecule has 0 bridgehead atoms. The second kappa shape index (κ2) is 11.4. The normalized spacial score (nSPS) is 11.5. The fourth-order valence-electron chi connectivity index (χ4n) is 2.87. The second-order valence-corrected chi connectivity index (χ2v) is 8.76. The van der Waals surface area contributed by atoms with E-state index in [0.717, 1.165) is 5.69 Å². The Bertz CT molecular complexity index is 1160. The Kier molecular flexibility index (Phi) is 8.83. The Morgan fingerprint density at radius 1 is 0.824 bits per heavy atom. The minimum Gasteiger partial charge on any atom is -0.454 e. The fourth-order valence-corrected chi connectivity index (χ4v) is 2.87. The van der Waals surface area contributed by atoms with Crippen LogP contribution in [0.1, 0.15) is 78.4 Å². The first kappa shape index (κ1) is 26.4. The van der Waals surface area contributed by atoms with E-state index < -0.39 is 0 Å². The van der Waals surface area contributed by atoms with Gasteiger partial charge >= 0.3 is 0 Å². The maximum absolute atomic E-state index is 11.1. The highest BCUT2D eigenvalue weighted by molar-refractivity contribution is 5.95. The summed E-state index contributed by atoms with van der Waals surface area (Å²) in [4.78, 5) is 36.5. The van der Waals surface area contributed by atoms with Gasteiger partial charge in [0.25, 0.3) is 0 Å². The lowest BCUT2D eigenvalue weighted by Gasteiger charge is -2.13. The van der Waals surface area contributed by atoms with Gasteiger partial charge in [0, 0.05) is 42.9 Å². The van der Waals surface area contributed by atoms with Crippen molar-refractivity contribution in [2.45, 2.75) is 47.0 Å². The minimum atomic E-state index is 0.00542. The number of rotatable bonds is 3. The number of Topliss-reactive ketones (excluding diaryl/α,β-unsaturated/α-hetero) is 3. The van der Waals surface area contributed by atoms with Crippen molar-refractivity contribution in [1.82, 2.24) is 14.8 Å². The van der Waals surface area contributed by atoms with E-state index in [9.17, 15) is 14.4 Å². The highest BCUT2D eigenvalue weighted by atomic mass is 16.7. The van der Waals surface area contributed by atoms with Gasteiger partial charge in [0.1, 0.15) is 5.69 Å². The summed E-state index contributed by atoms with van der Waals surface area (Å²) in [7, 11) is 1.80. The molecule has 3 heterocycles. The summed E-state index contributed by atoms with van der Waals surface area (Å²) in [5, 5.41) is 4.30. The third-order valence-corrected chi connectivity index (χ3v) is 4.87. The number of benzene rings is 1. The number of carbonyl (C=O) groups is 3. The topological polar surface area (TPSA) is 100 Å². The predicted octanol–water partition coefficient (Wildman–Crippen LogP) is 4.82. The van der Waals surface area contributed by atoms with Crippen molar-refractivity contribution < 1.29 is 23.9 Å². The fraction of sp³-hybridized carbons (Fsp3) is 0.346. The van der Waals surface area contributed by atoms with Crippen LogP contribution in [0, 0.1) is 0 Å². The number of carbonyl (C=O) groups excluding carboxylic acids is 3. The zero-order chi connectivity index (χ0) is 25.5. The lowest BCUT2D eigenvalue weighted by atomic mass is 9.92. The Hall–Kier alpha value is -3.81. The second-order valence-electron chi connectivity index (χ2n) is 8.76. The summed E-state index contributed by atoms with van der Waals surface area (Å²) in [6, 6.07) is 10.4. The van der Waals surface area contributed by atoms with Crippen LogP contribution in [0.2, 0.25) is 0 Å². The first-order valence-electron chi connectivity index (χ1n) is 10.8. The van der Waals surface area contributed by atoms with Gasteiger partial charge in [-0.2, -0.15) is 5.10 Å². The van der Waals surface area contributed by atoms with E-state index in [1.807, 2.05) is 6.07 Å². The molecule has 0 saturated carbocycles. The van der Waals surface area contributed by atoms with Gasteiger partial charge in [-0.1, -0.05) is 20.8 Å². The molecule has 1 aromatic carbocycles. The van der Waals surface area contributed by atoms with Gasteiger partial charge in [0.05, 0.1) is 5.69 Å². The van der Waals surface area contributed by atoms with Crippen molar-refractivity contribution in [2.24, 2.45) is 7.05 Å². The van der Waals surface area contributed by atoms with Crippen molar-refractivity contribution >= 4 is 17.3 Å². The molecule has 4 rings (SSSR count). The maximum Gasteiger partial charge on any atom is 0.231 e. The average Bonchev–Trinajstić information content (AvgIpc) is 3.41. The number of hydrogen-bond acceptors (Lipinski definition) is 7. The molecule has 0 aliphatic carbocycles. The van der Waals surface area contributed by atoms with Gasteiger partial charge in [-0.25, -0.2) is 0 Å². The molecule has 180 valence electrons. The zero-order valence-electron chi connectivity index (χ0n) is 20.7. The van der Waals surface area contributed by atoms with Crippen LogP contribution in [-0.4, -0.2) is 38.9 Å². The van der Waals surface area contributed by atoms with E-state index in [0.29, 0.717) is 28.3 Å². The van der Waals surface area contributed by atoms with Crippen LogP contribution in [0.15, 0.2) is 48.8 Å². The number of fused-ring (bicyclic) bond motifs is 1. The zero-order valence-corrected chi connectivity index (χ0v) is 20.7. The first-order valence-corrected chi connectivity index (χ1v) is 10.8. The van der Waals surface area contributed by atoms with E-state index in [1.165, 1.54) is 13.8 Å². The van der Waals surface area contributed by atoms with Crippen LogP contribution in [0.4, 0.5) is 0 Å². The largest absolute Gasteiger partial charge is 0.454 e. The SMILES string of the molecule is CC(=O)c1cc(C(C)(C)C)nn1C.CC(=O)c1ccc2c(c1)OCO2.CC(=O)c1ccncc1. The third-order valence-electron chi connectivity index (χ3n) is 4.87. The molecular weight excluding hydrogens is 434 g/mol. The van der Waals surface area contributed by atoms with E-state index in [-0.39, 0.29) is 29.6 Å². The Morgan fingerprint density at radius 3 is 1.85 bits per heavy atom. The van der Waals surface area contributed by atoms with Gasteiger partial charge in [0.2, 0.25) is 6.79 Å². The molecule has 34 heavy (non-hydrogen) atoms. The molecule has 1 aliphatic rings. The number of aromatic nitrogens is 3. The lowest BCUT2D eigenvalue weighted by molar-refractivity contribution is 0.0998. The van der Waals surface area contributed by atoms with Crippen LogP contribution in [0.3, 0.4) is 0 Å². The smallest absolute Gasteiger partial charge is 0.231 e. The first-order chi connectivity index (χ1) is 15.9. The van der Waals surface area contributed by atoms with Gasteiger partial charge in [-0.05, 0) is 50.2 Å². The molecule has 0 unspecified atom stereocenters. The van der Waals surface area contributed by atoms with Crippen LogP contribution in [-0.2, 0) is 12.5 Å². The van der Waals surface area contributed by atoms with E-state index in [1.54, 1.807) is 61.4 Å². The molecule has 1 aliphatic heterocycles. The van der Waals surface area contributed by atoms with E-state index in [4.69, 9.17) is 9.47 Å². The molecule has 8 nitrogen and oxygen atoms in total. The molecule has 0 fully saturated rings. The molecule has 0 N–H and O–H groups in total. The predicted molar refractivity (Wildman–Crippen MR) is 129 cm³/mol. The van der Waals surface area contributed by atoms with Crippen LogP contribution < -0.4 is 9.47 Å². The van der Waals surface area contributed by atoms with Crippen molar-refractivity contribution in [3.8, 4) is 11.5 Å². The summed E-state index contributed by atoms with van der Waals surface area (Å²) >= 11 is 0. The van der Waals surface area contributed by atoms with Crippen molar-refractivity contribution in [1.29, 1.82) is 0 Å². The molecule has 3 aromatic rings. The molecule has 0 spiro atoms. The molecular formula is C26H31N3O5. The molecule has 0 saturated heterocycles. The summed E-state index contributed by atoms with van der Waals surface area (Å²) in [6.07, 6.45) is 3.22. The summed E-state index contributed by atoms with van der Waals surface area (Å²) in [5.74, 6) is 1.54. The van der Waals surface area contributed by atoms with E-state index >= 15 is 0 Å². The van der Waals surface area contributed by atoms with Gasteiger partial charge in [-0.3, -0.25) is 24.0 Å². The summed E-state index contributed by atoms with van der Waals surface area (Å²) in [5.41, 5.74) is 3.00. The molecule has 0 radical (unpaired) electrons. The highest BCUT2D eigenvalue weighted by Gasteiger charge is 2.20. The minimum absolute atomic E-state index is 0.00542. The highest BCUT2D eigenvalue weighted by Crippen LogP contribution is 2.32. The number of pyridine rings is 1. The molecule has 0 amide bonds. The van der Waals surface area contributed by atoms with E-state index in [2.05, 4.69) is 30.9 Å². The van der Waals surface area contributed by atoms with Crippen molar-refractivity contribution in [2.75, 3.05) is 6.79 Å². The van der Waals surface area contributed by atoms with Crippen LogP contribution in [0.25, 0.3) is 0 Å². The Morgan fingerprint density at radius 2 is 1.41 bits per heavy atom. The number of ketones is 3. The van der Waals surface area contributed by atoms with Crippen molar-refractivity contribution in [3.63, 3.8) is 0 Å². The van der Waals surface area contributed by atoms with Gasteiger partial charge in [-0.15, -0.1) is 0 Å². The lowest BCUT2D eigenvalue weighted by Crippen LogP contribution is -2.12. The summed E-state index contributed by atoms with van der Waals surface area (Å²) in [6.45, 7) is 11.1. The Balaban J connectivity index is 0.000000183. The average molecular weight is 466 g/mol. The monoisotopic (exact) mass is 465 g/mol. The van der Waals surface area contributed by atoms with Gasteiger partial charge in [0.15, 0.2) is 28.8 Å². The van der Waals surface area contributed by atoms with Crippen molar-refractivity contribution in [3.05, 3.63) is 71.3 Å². The maximum atomic E-state index is 11.1.